The average molecular weight is 281 g/mol. The van der Waals surface area contributed by atoms with Gasteiger partial charge in [-0.05, 0) is 13.1 Å². The first-order valence-corrected chi connectivity index (χ1v) is 7.42. The SMILES string of the molecule is CCN(CC)CCNS(=O)(=O)N(C)CCC(=O)O. The summed E-state index contributed by atoms with van der Waals surface area (Å²) in [6.07, 6.45) is -0.201. The first kappa shape index (κ1) is 17.3. The third-order valence-corrected chi connectivity index (χ3v) is 4.23. The van der Waals surface area contributed by atoms with E-state index in [0.717, 1.165) is 17.4 Å². The van der Waals surface area contributed by atoms with Crippen molar-refractivity contribution in [3.05, 3.63) is 0 Å². The second kappa shape index (κ2) is 8.41. The molecule has 0 unspecified atom stereocenters. The van der Waals surface area contributed by atoms with Crippen LogP contribution in [0.25, 0.3) is 0 Å². The van der Waals surface area contributed by atoms with Crippen molar-refractivity contribution in [3.8, 4) is 0 Å². The molecule has 0 saturated carbocycles. The van der Waals surface area contributed by atoms with Crippen LogP contribution in [0.2, 0.25) is 0 Å². The average Bonchev–Trinajstić information content (AvgIpc) is 2.31. The molecule has 7 nitrogen and oxygen atoms in total. The highest BCUT2D eigenvalue weighted by molar-refractivity contribution is 7.87. The van der Waals surface area contributed by atoms with E-state index in [-0.39, 0.29) is 13.0 Å². The maximum Gasteiger partial charge on any atom is 0.304 e. The zero-order chi connectivity index (χ0) is 14.2. The molecule has 18 heavy (non-hydrogen) atoms. The third-order valence-electron chi connectivity index (χ3n) is 2.66. The third kappa shape index (κ3) is 6.90. The number of rotatable bonds is 10. The molecule has 0 bridgehead atoms. The maximum absolute atomic E-state index is 11.7. The van der Waals surface area contributed by atoms with Gasteiger partial charge < -0.3 is 10.0 Å². The van der Waals surface area contributed by atoms with Crippen LogP contribution >= 0.6 is 0 Å². The summed E-state index contributed by atoms with van der Waals surface area (Å²) in [5.41, 5.74) is 0. The number of carboxylic acids is 1. The van der Waals surface area contributed by atoms with E-state index in [1.54, 1.807) is 0 Å². The summed E-state index contributed by atoms with van der Waals surface area (Å²) in [4.78, 5) is 12.5. The van der Waals surface area contributed by atoms with Gasteiger partial charge in [0.1, 0.15) is 0 Å². The van der Waals surface area contributed by atoms with Gasteiger partial charge in [0.2, 0.25) is 0 Å². The van der Waals surface area contributed by atoms with Gasteiger partial charge in [-0.3, -0.25) is 4.79 Å². The number of nitrogens with one attached hydrogen (secondary N) is 1. The lowest BCUT2D eigenvalue weighted by atomic mass is 10.4. The standard InChI is InChI=1S/C10H23N3O4S/c1-4-13(5-2)9-7-11-18(16,17)12(3)8-6-10(14)15/h11H,4-9H2,1-3H3,(H,14,15). The van der Waals surface area contributed by atoms with Crippen molar-refractivity contribution in [2.45, 2.75) is 20.3 Å². The van der Waals surface area contributed by atoms with Crippen LogP contribution in [-0.4, -0.2) is 68.5 Å². The molecule has 0 amide bonds. The van der Waals surface area contributed by atoms with E-state index in [1.807, 2.05) is 13.8 Å². The molecular weight excluding hydrogens is 258 g/mol. The van der Waals surface area contributed by atoms with Crippen molar-refractivity contribution in [1.29, 1.82) is 0 Å². The van der Waals surface area contributed by atoms with Gasteiger partial charge in [-0.15, -0.1) is 0 Å². The summed E-state index contributed by atoms with van der Waals surface area (Å²) < 4.78 is 26.9. The second-order valence-corrected chi connectivity index (χ2v) is 5.75. The van der Waals surface area contributed by atoms with E-state index in [4.69, 9.17) is 5.11 Å². The Morgan fingerprint density at radius 3 is 2.22 bits per heavy atom. The molecule has 0 aliphatic carbocycles. The molecule has 0 radical (unpaired) electrons. The van der Waals surface area contributed by atoms with E-state index in [2.05, 4.69) is 9.62 Å². The zero-order valence-corrected chi connectivity index (χ0v) is 12.0. The highest BCUT2D eigenvalue weighted by atomic mass is 32.2. The van der Waals surface area contributed by atoms with Gasteiger partial charge in [0.15, 0.2) is 0 Å². The molecule has 0 rings (SSSR count). The molecule has 2 N–H and O–H groups in total. The predicted molar refractivity (Wildman–Crippen MR) is 69.6 cm³/mol. The molecule has 0 heterocycles. The Hall–Kier alpha value is -0.700. The number of aliphatic carboxylic acids is 1. The van der Waals surface area contributed by atoms with E-state index < -0.39 is 16.2 Å². The number of likely N-dealkylation sites (N-methyl/N-ethyl adjacent to an activating group) is 1. The van der Waals surface area contributed by atoms with Crippen LogP contribution in [0.5, 0.6) is 0 Å². The first-order chi connectivity index (χ1) is 8.33. The van der Waals surface area contributed by atoms with Crippen molar-refractivity contribution in [3.63, 3.8) is 0 Å². The fourth-order valence-electron chi connectivity index (χ4n) is 1.36. The molecule has 108 valence electrons. The molecule has 0 aliphatic heterocycles. The summed E-state index contributed by atoms with van der Waals surface area (Å²) in [5, 5.41) is 8.49. The molecule has 0 saturated heterocycles. The highest BCUT2D eigenvalue weighted by Crippen LogP contribution is 1.96. The largest absolute Gasteiger partial charge is 0.481 e. The fraction of sp³-hybridized carbons (Fsp3) is 0.900. The number of hydrogen-bond donors (Lipinski definition) is 2. The lowest BCUT2D eigenvalue weighted by Gasteiger charge is -2.20. The minimum atomic E-state index is -3.57. The minimum Gasteiger partial charge on any atom is -0.481 e. The van der Waals surface area contributed by atoms with Gasteiger partial charge in [-0.1, -0.05) is 13.8 Å². The molecule has 0 atom stereocenters. The Morgan fingerprint density at radius 2 is 1.78 bits per heavy atom. The molecule has 0 aromatic carbocycles. The predicted octanol–water partition coefficient (Wildman–Crippen LogP) is -0.431. The lowest BCUT2D eigenvalue weighted by Crippen LogP contribution is -2.42. The minimum absolute atomic E-state index is 0.0318. The second-order valence-electron chi connectivity index (χ2n) is 3.89. The van der Waals surface area contributed by atoms with Crippen molar-refractivity contribution < 1.29 is 18.3 Å². The number of carboxylic acid groups (broad SMARTS) is 1. The zero-order valence-electron chi connectivity index (χ0n) is 11.2. The van der Waals surface area contributed by atoms with Gasteiger partial charge in [0.25, 0.3) is 10.2 Å². The van der Waals surface area contributed by atoms with Crippen LogP contribution in [-0.2, 0) is 15.0 Å². The van der Waals surface area contributed by atoms with E-state index in [0.29, 0.717) is 13.1 Å². The highest BCUT2D eigenvalue weighted by Gasteiger charge is 2.17. The van der Waals surface area contributed by atoms with Crippen molar-refractivity contribution in [2.24, 2.45) is 0 Å². The summed E-state index contributed by atoms with van der Waals surface area (Å²) in [7, 11) is -2.21. The number of hydrogen-bond acceptors (Lipinski definition) is 4. The van der Waals surface area contributed by atoms with Crippen LogP contribution in [0.3, 0.4) is 0 Å². The first-order valence-electron chi connectivity index (χ1n) is 5.98. The Bertz CT molecular complexity index is 341. The molecular formula is C10H23N3O4S. The monoisotopic (exact) mass is 281 g/mol. The summed E-state index contributed by atoms with van der Waals surface area (Å²) >= 11 is 0. The Morgan fingerprint density at radius 1 is 1.22 bits per heavy atom. The number of carbonyl (C=O) groups is 1. The molecule has 0 aliphatic rings. The van der Waals surface area contributed by atoms with E-state index in [9.17, 15) is 13.2 Å². The van der Waals surface area contributed by atoms with Gasteiger partial charge in [0.05, 0.1) is 6.42 Å². The number of nitrogens with zero attached hydrogens (tertiary/aromatic N) is 2. The van der Waals surface area contributed by atoms with Crippen LogP contribution in [0, 0.1) is 0 Å². The van der Waals surface area contributed by atoms with E-state index in [1.165, 1.54) is 7.05 Å². The van der Waals surface area contributed by atoms with Gasteiger partial charge in [-0.2, -0.15) is 12.7 Å². The van der Waals surface area contributed by atoms with Crippen molar-refractivity contribution in [1.82, 2.24) is 13.9 Å². The van der Waals surface area contributed by atoms with Crippen LogP contribution in [0.4, 0.5) is 0 Å². The van der Waals surface area contributed by atoms with Gasteiger partial charge in [0, 0.05) is 26.7 Å². The lowest BCUT2D eigenvalue weighted by molar-refractivity contribution is -0.137. The maximum atomic E-state index is 11.7. The van der Waals surface area contributed by atoms with E-state index >= 15 is 0 Å². The van der Waals surface area contributed by atoms with Crippen LogP contribution < -0.4 is 4.72 Å². The molecule has 0 aromatic rings. The van der Waals surface area contributed by atoms with Gasteiger partial charge in [-0.25, -0.2) is 4.72 Å². The molecule has 0 aromatic heterocycles. The summed E-state index contributed by atoms with van der Waals surface area (Å²) in [6.45, 7) is 6.69. The Labute approximate surface area is 109 Å². The van der Waals surface area contributed by atoms with Crippen molar-refractivity contribution >= 4 is 16.2 Å². The Kier molecular flexibility index (Phi) is 8.08. The van der Waals surface area contributed by atoms with Gasteiger partial charge >= 0.3 is 5.97 Å². The van der Waals surface area contributed by atoms with Crippen molar-refractivity contribution in [2.75, 3.05) is 39.8 Å². The normalized spacial score (nSPS) is 12.3. The Balaban J connectivity index is 4.10. The summed E-state index contributed by atoms with van der Waals surface area (Å²) in [6, 6.07) is 0. The van der Waals surface area contributed by atoms with Crippen LogP contribution in [0.1, 0.15) is 20.3 Å². The topological polar surface area (TPSA) is 90.0 Å². The summed E-state index contributed by atoms with van der Waals surface area (Å²) in [5.74, 6) is -1.01. The molecule has 0 fully saturated rings. The molecule has 0 spiro atoms. The smallest absolute Gasteiger partial charge is 0.304 e. The molecule has 8 heteroatoms. The quantitative estimate of drug-likeness (QED) is 0.567. The fourth-order valence-corrected chi connectivity index (χ4v) is 2.26. The van der Waals surface area contributed by atoms with Crippen LogP contribution in [0.15, 0.2) is 0 Å².